The van der Waals surface area contributed by atoms with Crippen LogP contribution in [0.15, 0.2) is 35.5 Å². The quantitative estimate of drug-likeness (QED) is 0.518. The van der Waals surface area contributed by atoms with Crippen molar-refractivity contribution < 1.29 is 36.0 Å². The van der Waals surface area contributed by atoms with E-state index in [9.17, 15) is 31.1 Å². The van der Waals surface area contributed by atoms with Crippen LogP contribution in [0, 0.1) is 6.92 Å². The number of carbonyl (C=O) groups excluding carboxylic acids is 1. The Bertz CT molecular complexity index is 1090. The van der Waals surface area contributed by atoms with E-state index in [1.54, 1.807) is 0 Å². The highest BCUT2D eigenvalue weighted by molar-refractivity contribution is 6.34. The molecule has 0 fully saturated rings. The van der Waals surface area contributed by atoms with Crippen molar-refractivity contribution >= 4 is 34.8 Å². The maximum Gasteiger partial charge on any atom is 0.435 e. The molecule has 2 aromatic rings. The minimum Gasteiger partial charge on any atom is -0.374 e. The van der Waals surface area contributed by atoms with Gasteiger partial charge in [0.15, 0.2) is 0 Å². The minimum absolute atomic E-state index is 0.0902. The molecule has 0 saturated carbocycles. The molecule has 1 unspecified atom stereocenters. The Balaban J connectivity index is 2.14. The number of alkyl halides is 6. The van der Waals surface area contributed by atoms with Crippen molar-refractivity contribution in [1.82, 2.24) is 0 Å². The highest BCUT2D eigenvalue weighted by Crippen LogP contribution is 2.50. The Morgan fingerprint density at radius 3 is 2.22 bits per heavy atom. The molecule has 0 saturated heterocycles. The van der Waals surface area contributed by atoms with Crippen LogP contribution < -0.4 is 5.73 Å². The number of carbonyl (C=O) groups is 1. The zero-order chi connectivity index (χ0) is 24.1. The van der Waals surface area contributed by atoms with E-state index in [1.807, 2.05) is 0 Å². The molecule has 12 heteroatoms. The second-order valence-electron chi connectivity index (χ2n) is 7.21. The van der Waals surface area contributed by atoms with Crippen molar-refractivity contribution in [3.05, 3.63) is 68.2 Å². The molecule has 0 spiro atoms. The van der Waals surface area contributed by atoms with E-state index in [0.29, 0.717) is 0 Å². The third-order valence-corrected chi connectivity index (χ3v) is 5.50. The summed E-state index contributed by atoms with van der Waals surface area (Å²) in [4.78, 5) is 16.4. The van der Waals surface area contributed by atoms with Gasteiger partial charge in [-0.25, -0.2) is 0 Å². The van der Waals surface area contributed by atoms with Crippen LogP contribution in [-0.4, -0.2) is 24.0 Å². The van der Waals surface area contributed by atoms with Crippen molar-refractivity contribution in [2.75, 3.05) is 0 Å². The summed E-state index contributed by atoms with van der Waals surface area (Å²) in [5.41, 5.74) is 0.422. The molecule has 172 valence electrons. The molecule has 0 bridgehead atoms. The van der Waals surface area contributed by atoms with Gasteiger partial charge in [-0.05, 0) is 42.3 Å². The van der Waals surface area contributed by atoms with Crippen molar-refractivity contribution in [1.29, 1.82) is 0 Å². The maximum absolute atomic E-state index is 14.1. The van der Waals surface area contributed by atoms with Crippen LogP contribution in [0.2, 0.25) is 10.0 Å². The molecule has 0 aliphatic carbocycles. The Morgan fingerprint density at radius 1 is 1.12 bits per heavy atom. The number of amides is 1. The Kier molecular flexibility index (Phi) is 6.16. The molecule has 1 amide bonds. The second-order valence-corrected chi connectivity index (χ2v) is 8.08. The van der Waals surface area contributed by atoms with Gasteiger partial charge in [0.1, 0.15) is 0 Å². The number of oxime groups is 1. The fraction of sp³-hybridized carbons (Fsp3) is 0.300. The Morgan fingerprint density at radius 2 is 1.72 bits per heavy atom. The smallest absolute Gasteiger partial charge is 0.374 e. The first-order chi connectivity index (χ1) is 14.6. The summed E-state index contributed by atoms with van der Waals surface area (Å²) in [5.74, 6) is -0.972. The average molecular weight is 499 g/mol. The average Bonchev–Trinajstić information content (AvgIpc) is 3.07. The maximum atomic E-state index is 14.1. The molecular formula is C20H14Cl2F6N2O2. The number of rotatable bonds is 4. The van der Waals surface area contributed by atoms with Gasteiger partial charge in [-0.3, -0.25) is 4.79 Å². The number of halogens is 8. The fourth-order valence-electron chi connectivity index (χ4n) is 3.56. The lowest BCUT2D eigenvalue weighted by Crippen LogP contribution is -2.42. The van der Waals surface area contributed by atoms with Gasteiger partial charge in [-0.2, -0.15) is 26.3 Å². The molecule has 1 aliphatic rings. The van der Waals surface area contributed by atoms with E-state index in [2.05, 4.69) is 5.16 Å². The van der Waals surface area contributed by atoms with E-state index in [0.717, 1.165) is 24.3 Å². The third-order valence-electron chi connectivity index (χ3n) is 5.07. The van der Waals surface area contributed by atoms with Crippen molar-refractivity contribution in [2.45, 2.75) is 37.7 Å². The van der Waals surface area contributed by atoms with Gasteiger partial charge in [0, 0.05) is 33.2 Å². The molecule has 1 atom stereocenters. The monoisotopic (exact) mass is 498 g/mol. The van der Waals surface area contributed by atoms with E-state index < -0.39 is 47.8 Å². The summed E-state index contributed by atoms with van der Waals surface area (Å²) in [6.07, 6.45) is -12.2. The first-order valence-corrected chi connectivity index (χ1v) is 9.68. The molecule has 32 heavy (non-hydrogen) atoms. The van der Waals surface area contributed by atoms with Crippen LogP contribution in [0.1, 0.15) is 39.0 Å². The first kappa shape index (κ1) is 24.2. The predicted molar refractivity (Wildman–Crippen MR) is 106 cm³/mol. The Hall–Kier alpha value is -2.46. The fourth-order valence-corrected chi connectivity index (χ4v) is 4.08. The van der Waals surface area contributed by atoms with E-state index in [-0.39, 0.29) is 32.4 Å². The number of hydrogen-bond donors (Lipinski definition) is 1. The summed E-state index contributed by atoms with van der Waals surface area (Å²) < 4.78 is 82.1. The summed E-state index contributed by atoms with van der Waals surface area (Å²) >= 11 is 11.7. The zero-order valence-electron chi connectivity index (χ0n) is 16.2. The SMILES string of the molecule is Cc1c(C(N)=O)ccc(C2=NOC(c3cc(Cl)cc(Cl)c3)(C(F)(F)F)C2)c1CC(F)(F)F. The number of primary amides is 1. The topological polar surface area (TPSA) is 64.7 Å². The van der Waals surface area contributed by atoms with Gasteiger partial charge in [0.25, 0.3) is 5.60 Å². The predicted octanol–water partition coefficient (Wildman–Crippen LogP) is 6.09. The molecule has 0 radical (unpaired) electrons. The lowest BCUT2D eigenvalue weighted by molar-refractivity contribution is -0.275. The van der Waals surface area contributed by atoms with Crippen LogP contribution in [0.3, 0.4) is 0 Å². The molecule has 1 heterocycles. The second kappa shape index (κ2) is 8.15. The molecule has 2 aromatic carbocycles. The van der Waals surface area contributed by atoms with Gasteiger partial charge in [-0.1, -0.05) is 34.4 Å². The Labute approximate surface area is 187 Å². The number of hydrogen-bond acceptors (Lipinski definition) is 3. The largest absolute Gasteiger partial charge is 0.435 e. The normalized spacial score (nSPS) is 19.0. The highest BCUT2D eigenvalue weighted by atomic mass is 35.5. The van der Waals surface area contributed by atoms with Gasteiger partial charge < -0.3 is 10.6 Å². The van der Waals surface area contributed by atoms with Gasteiger partial charge in [-0.15, -0.1) is 0 Å². The standard InChI is InChI=1S/C20H14Cl2F6N2O2/c1-9-13(17(29)31)2-3-14(15(9)7-19(23,24)25)16-8-18(32-30-16,20(26,27)28)10-4-11(21)6-12(22)5-10/h2-6H,7-8H2,1H3,(H2,29,31). The minimum atomic E-state index is -5.02. The van der Waals surface area contributed by atoms with Crippen molar-refractivity contribution in [3.8, 4) is 0 Å². The van der Waals surface area contributed by atoms with Crippen LogP contribution in [0.4, 0.5) is 26.3 Å². The van der Waals surface area contributed by atoms with E-state index >= 15 is 0 Å². The van der Waals surface area contributed by atoms with Crippen LogP contribution in [0.5, 0.6) is 0 Å². The van der Waals surface area contributed by atoms with Crippen molar-refractivity contribution in [2.24, 2.45) is 10.9 Å². The summed E-state index contributed by atoms with van der Waals surface area (Å²) in [6, 6.07) is 5.43. The molecular weight excluding hydrogens is 485 g/mol. The molecule has 0 aromatic heterocycles. The van der Waals surface area contributed by atoms with Gasteiger partial charge in [0.2, 0.25) is 5.91 Å². The number of nitrogens with two attached hydrogens (primary N) is 1. The van der Waals surface area contributed by atoms with Crippen LogP contribution in [0.25, 0.3) is 0 Å². The van der Waals surface area contributed by atoms with E-state index in [1.165, 1.54) is 13.0 Å². The summed E-state index contributed by atoms with van der Waals surface area (Å²) in [5, 5.41) is 3.31. The zero-order valence-corrected chi connectivity index (χ0v) is 17.7. The molecule has 2 N–H and O–H groups in total. The highest BCUT2D eigenvalue weighted by Gasteiger charge is 2.62. The van der Waals surface area contributed by atoms with Gasteiger partial charge in [0.05, 0.1) is 12.1 Å². The number of nitrogens with zero attached hydrogens (tertiary/aromatic N) is 1. The third kappa shape index (κ3) is 4.52. The van der Waals surface area contributed by atoms with Crippen molar-refractivity contribution in [3.63, 3.8) is 0 Å². The van der Waals surface area contributed by atoms with Crippen LogP contribution >= 0.6 is 23.2 Å². The molecule has 3 rings (SSSR count). The van der Waals surface area contributed by atoms with Gasteiger partial charge >= 0.3 is 12.4 Å². The molecule has 1 aliphatic heterocycles. The summed E-state index contributed by atoms with van der Waals surface area (Å²) in [6.45, 7) is 1.23. The van der Waals surface area contributed by atoms with Crippen LogP contribution in [-0.2, 0) is 16.9 Å². The molecule has 4 nitrogen and oxygen atoms in total. The lowest BCUT2D eigenvalue weighted by Gasteiger charge is -2.29. The van der Waals surface area contributed by atoms with E-state index in [4.69, 9.17) is 33.8 Å². The lowest BCUT2D eigenvalue weighted by atomic mass is 9.84. The summed E-state index contributed by atoms with van der Waals surface area (Å²) in [7, 11) is 0. The first-order valence-electron chi connectivity index (χ1n) is 8.92. The number of benzene rings is 2.